The molecule has 5 aliphatic rings. The topological polar surface area (TPSA) is 20.2 Å². The van der Waals surface area contributed by atoms with E-state index in [-0.39, 0.29) is 16.9 Å². The molecule has 0 aliphatic heterocycles. The summed E-state index contributed by atoms with van der Waals surface area (Å²) in [4.78, 5) is 0. The van der Waals surface area contributed by atoms with Crippen molar-refractivity contribution in [1.82, 2.24) is 0 Å². The van der Waals surface area contributed by atoms with Gasteiger partial charge in [-0.25, -0.2) is 0 Å². The maximum Gasteiger partial charge on any atom is 0.0628 e. The van der Waals surface area contributed by atoms with Gasteiger partial charge in [-0.05, 0) is 110 Å². The molecule has 0 bridgehead atoms. The van der Waals surface area contributed by atoms with Gasteiger partial charge in [0.05, 0.1) is 6.10 Å². The summed E-state index contributed by atoms with van der Waals surface area (Å²) in [5.41, 5.74) is 4.55. The summed E-state index contributed by atoms with van der Waals surface area (Å²) in [7, 11) is 0. The fourth-order valence-electron chi connectivity index (χ4n) is 10.7. The molecule has 0 saturated heterocycles. The second kappa shape index (κ2) is 6.52. The Morgan fingerprint density at radius 1 is 0.903 bits per heavy atom. The highest BCUT2D eigenvalue weighted by Crippen LogP contribution is 2.76. The van der Waals surface area contributed by atoms with Crippen LogP contribution in [0, 0.1) is 50.7 Å². The second-order valence-electron chi connectivity index (χ2n) is 14.3. The summed E-state index contributed by atoms with van der Waals surface area (Å²) in [6.07, 6.45) is 14.2. The normalized spacial score (nSPS) is 55.4. The van der Waals surface area contributed by atoms with E-state index < -0.39 is 0 Å². The monoisotopic (exact) mass is 424 g/mol. The molecule has 0 aromatic heterocycles. The van der Waals surface area contributed by atoms with Crippen LogP contribution in [0.25, 0.3) is 0 Å². The van der Waals surface area contributed by atoms with Crippen LogP contribution in [0.4, 0.5) is 0 Å². The van der Waals surface area contributed by atoms with Gasteiger partial charge < -0.3 is 5.11 Å². The third-order valence-electron chi connectivity index (χ3n) is 12.8. The minimum Gasteiger partial charge on any atom is -0.392 e. The lowest BCUT2D eigenvalue weighted by atomic mass is 9.34. The third kappa shape index (κ3) is 2.59. The van der Waals surface area contributed by atoms with E-state index in [1.807, 2.05) is 0 Å². The van der Waals surface area contributed by atoms with Crippen molar-refractivity contribution in [2.75, 3.05) is 0 Å². The van der Waals surface area contributed by atoms with Crippen molar-refractivity contribution in [2.45, 2.75) is 112 Å². The average molecular weight is 425 g/mol. The van der Waals surface area contributed by atoms with Crippen LogP contribution >= 0.6 is 0 Å². The van der Waals surface area contributed by atoms with Gasteiger partial charge in [0, 0.05) is 5.41 Å². The highest BCUT2D eigenvalue weighted by molar-refractivity contribution is 5.33. The first-order valence-electron chi connectivity index (χ1n) is 13.4. The van der Waals surface area contributed by atoms with E-state index in [0.29, 0.717) is 16.2 Å². The van der Waals surface area contributed by atoms with Crippen LogP contribution in [-0.4, -0.2) is 11.2 Å². The van der Waals surface area contributed by atoms with Crippen molar-refractivity contribution in [3.63, 3.8) is 0 Å². The van der Waals surface area contributed by atoms with Gasteiger partial charge in [-0.1, -0.05) is 65.3 Å². The Balaban J connectivity index is 1.59. The standard InChI is InChI=1S/C30H48O/c1-19(2)20-11-14-27(5)17-18-29(7)21(25(20)27)9-10-23-28(6)15-13-24(31)26(3,4)22(28)12-16-30(23,29)8/h12,20-21,23-25,31H,1,9-11,13-18H2,2-8H3/t20-,21+,23-,24-,25+,27+,28-,29+,30+/m0/s1. The van der Waals surface area contributed by atoms with E-state index in [1.54, 1.807) is 5.57 Å². The Morgan fingerprint density at radius 2 is 1.61 bits per heavy atom. The molecule has 5 rings (SSSR count). The minimum absolute atomic E-state index is 0.0757. The fourth-order valence-corrected chi connectivity index (χ4v) is 10.7. The number of rotatable bonds is 1. The van der Waals surface area contributed by atoms with Gasteiger partial charge in [-0.3, -0.25) is 0 Å². The highest BCUT2D eigenvalue weighted by Gasteiger charge is 2.68. The Morgan fingerprint density at radius 3 is 2.29 bits per heavy atom. The van der Waals surface area contributed by atoms with Crippen molar-refractivity contribution >= 4 is 0 Å². The van der Waals surface area contributed by atoms with Gasteiger partial charge in [0.25, 0.3) is 0 Å². The van der Waals surface area contributed by atoms with Crippen LogP contribution in [0.2, 0.25) is 0 Å². The largest absolute Gasteiger partial charge is 0.392 e. The molecule has 0 amide bonds. The summed E-state index contributed by atoms with van der Waals surface area (Å²) in [6.45, 7) is 22.0. The number of fused-ring (bicyclic) bond motifs is 7. The molecule has 1 heteroatoms. The van der Waals surface area contributed by atoms with Gasteiger partial charge in [0.1, 0.15) is 0 Å². The predicted octanol–water partition coefficient (Wildman–Crippen LogP) is 7.94. The van der Waals surface area contributed by atoms with Crippen LogP contribution in [0.3, 0.4) is 0 Å². The highest BCUT2D eigenvalue weighted by atomic mass is 16.3. The Kier molecular flexibility index (Phi) is 4.68. The molecular weight excluding hydrogens is 376 g/mol. The van der Waals surface area contributed by atoms with Gasteiger partial charge in [0.15, 0.2) is 0 Å². The summed E-state index contributed by atoms with van der Waals surface area (Å²) in [5.74, 6) is 3.17. The lowest BCUT2D eigenvalue weighted by Crippen LogP contribution is -2.63. The van der Waals surface area contributed by atoms with Gasteiger partial charge in [0.2, 0.25) is 0 Å². The Labute approximate surface area is 192 Å². The van der Waals surface area contributed by atoms with E-state index in [4.69, 9.17) is 0 Å². The molecule has 0 unspecified atom stereocenters. The van der Waals surface area contributed by atoms with Crippen molar-refractivity contribution in [3.8, 4) is 0 Å². The molecular formula is C30H48O. The molecule has 31 heavy (non-hydrogen) atoms. The van der Waals surface area contributed by atoms with Gasteiger partial charge in [-0.15, -0.1) is 0 Å². The number of hydrogen-bond acceptors (Lipinski definition) is 1. The Bertz CT molecular complexity index is 820. The number of aliphatic hydroxyl groups excluding tert-OH is 1. The van der Waals surface area contributed by atoms with Crippen molar-refractivity contribution < 1.29 is 5.11 Å². The quantitative estimate of drug-likeness (QED) is 0.423. The van der Waals surface area contributed by atoms with Gasteiger partial charge in [-0.2, -0.15) is 0 Å². The van der Waals surface area contributed by atoms with E-state index in [0.717, 1.165) is 30.1 Å². The van der Waals surface area contributed by atoms with E-state index in [1.165, 1.54) is 56.9 Å². The van der Waals surface area contributed by atoms with E-state index >= 15 is 0 Å². The van der Waals surface area contributed by atoms with Crippen LogP contribution in [0.15, 0.2) is 23.8 Å². The molecule has 0 aromatic rings. The number of hydrogen-bond donors (Lipinski definition) is 1. The minimum atomic E-state index is -0.187. The summed E-state index contributed by atoms with van der Waals surface area (Å²) in [6, 6.07) is 0. The first-order valence-corrected chi connectivity index (χ1v) is 13.4. The molecule has 174 valence electrons. The first-order chi connectivity index (χ1) is 14.3. The zero-order valence-corrected chi connectivity index (χ0v) is 21.5. The van der Waals surface area contributed by atoms with E-state index in [2.05, 4.69) is 61.1 Å². The zero-order chi connectivity index (χ0) is 22.6. The van der Waals surface area contributed by atoms with Crippen molar-refractivity contribution in [2.24, 2.45) is 50.7 Å². The number of aliphatic hydroxyl groups is 1. The SMILES string of the molecule is C=C(C)[C@@H]1CC[C@]2(C)CC[C@]3(C)[C@H](CC[C@H]4[C@@]5(C)CC[C@H](O)C(C)(C)C5=CC[C@]43C)[C@@H]12. The van der Waals surface area contributed by atoms with Crippen LogP contribution < -0.4 is 0 Å². The molecule has 0 aromatic carbocycles. The third-order valence-corrected chi connectivity index (χ3v) is 12.8. The predicted molar refractivity (Wildman–Crippen MR) is 131 cm³/mol. The maximum atomic E-state index is 10.9. The van der Waals surface area contributed by atoms with Crippen LogP contribution in [0.5, 0.6) is 0 Å². The molecule has 9 atom stereocenters. The molecule has 0 spiro atoms. The average Bonchev–Trinajstić information content (AvgIpc) is 3.04. The first kappa shape index (κ1) is 22.2. The van der Waals surface area contributed by atoms with E-state index in [9.17, 15) is 5.11 Å². The Hall–Kier alpha value is -0.560. The van der Waals surface area contributed by atoms with Gasteiger partial charge >= 0.3 is 0 Å². The molecule has 5 aliphatic carbocycles. The van der Waals surface area contributed by atoms with Crippen LogP contribution in [-0.2, 0) is 0 Å². The lowest BCUT2D eigenvalue weighted by Gasteiger charge is -2.70. The summed E-state index contributed by atoms with van der Waals surface area (Å²) in [5, 5.41) is 10.9. The number of allylic oxidation sites excluding steroid dienone is 2. The summed E-state index contributed by atoms with van der Waals surface area (Å²) < 4.78 is 0. The fraction of sp³-hybridized carbons (Fsp3) is 0.867. The zero-order valence-electron chi connectivity index (χ0n) is 21.5. The van der Waals surface area contributed by atoms with Crippen molar-refractivity contribution in [1.29, 1.82) is 0 Å². The molecule has 4 saturated carbocycles. The lowest BCUT2D eigenvalue weighted by molar-refractivity contribution is -0.192. The smallest absolute Gasteiger partial charge is 0.0628 e. The molecule has 0 radical (unpaired) electrons. The van der Waals surface area contributed by atoms with Crippen molar-refractivity contribution in [3.05, 3.63) is 23.8 Å². The molecule has 4 fully saturated rings. The molecule has 1 nitrogen and oxygen atoms in total. The summed E-state index contributed by atoms with van der Waals surface area (Å²) >= 11 is 0. The maximum absolute atomic E-state index is 10.9. The second-order valence-corrected chi connectivity index (χ2v) is 14.3. The molecule has 0 heterocycles. The molecule has 1 N–H and O–H groups in total. The van der Waals surface area contributed by atoms with Crippen LogP contribution in [0.1, 0.15) is 106 Å².